The van der Waals surface area contributed by atoms with Crippen LogP contribution < -0.4 is 4.90 Å². The Bertz CT molecular complexity index is 579. The zero-order chi connectivity index (χ0) is 15.1. The zero-order valence-electron chi connectivity index (χ0n) is 9.69. The Labute approximate surface area is 115 Å². The number of aromatic nitrogens is 2. The minimum Gasteiger partial charge on any atom is -0.481 e. The van der Waals surface area contributed by atoms with E-state index in [1.54, 1.807) is 0 Å². The van der Waals surface area contributed by atoms with Gasteiger partial charge in [0.1, 0.15) is 5.15 Å². The Morgan fingerprint density at radius 3 is 2.60 bits per heavy atom. The molecular formula is C10H7ClF3N3O3. The fraction of sp³-hybridized carbons (Fsp3) is 0.400. The Kier molecular flexibility index (Phi) is 3.55. The molecule has 1 atom stereocenters. The summed E-state index contributed by atoms with van der Waals surface area (Å²) < 4.78 is 37.8. The van der Waals surface area contributed by atoms with Crippen LogP contribution in [0.25, 0.3) is 0 Å². The lowest BCUT2D eigenvalue weighted by Crippen LogP contribution is -2.28. The first-order chi connectivity index (χ1) is 9.18. The highest BCUT2D eigenvalue weighted by Crippen LogP contribution is 2.31. The number of alkyl halides is 3. The van der Waals surface area contributed by atoms with Crippen LogP contribution in [0.4, 0.5) is 19.1 Å². The summed E-state index contributed by atoms with van der Waals surface area (Å²) >= 11 is 5.48. The second kappa shape index (κ2) is 4.89. The van der Waals surface area contributed by atoms with Gasteiger partial charge in [-0.05, 0) is 0 Å². The maximum absolute atomic E-state index is 12.6. The van der Waals surface area contributed by atoms with Crippen LogP contribution in [0, 0.1) is 5.92 Å². The smallest absolute Gasteiger partial charge is 0.433 e. The van der Waals surface area contributed by atoms with Crippen molar-refractivity contribution in [1.29, 1.82) is 0 Å². The third-order valence-electron chi connectivity index (χ3n) is 2.69. The van der Waals surface area contributed by atoms with Gasteiger partial charge in [-0.25, -0.2) is 9.97 Å². The monoisotopic (exact) mass is 309 g/mol. The van der Waals surface area contributed by atoms with Gasteiger partial charge in [-0.2, -0.15) is 13.2 Å². The van der Waals surface area contributed by atoms with E-state index >= 15 is 0 Å². The van der Waals surface area contributed by atoms with Crippen LogP contribution in [0.2, 0.25) is 5.15 Å². The number of nitrogens with zero attached hydrogens (tertiary/aromatic N) is 3. The second-order valence-corrected chi connectivity index (χ2v) is 4.50. The fourth-order valence-corrected chi connectivity index (χ4v) is 1.92. The van der Waals surface area contributed by atoms with Crippen molar-refractivity contribution in [3.8, 4) is 0 Å². The predicted molar refractivity (Wildman–Crippen MR) is 60.1 cm³/mol. The van der Waals surface area contributed by atoms with Gasteiger partial charge >= 0.3 is 12.1 Å². The molecule has 0 spiro atoms. The number of carbonyl (C=O) groups is 2. The molecule has 1 fully saturated rings. The average Bonchev–Trinajstić information content (AvgIpc) is 2.69. The second-order valence-electron chi connectivity index (χ2n) is 4.12. The van der Waals surface area contributed by atoms with Crippen molar-refractivity contribution >= 4 is 29.4 Å². The van der Waals surface area contributed by atoms with Gasteiger partial charge in [0, 0.05) is 19.0 Å². The number of anilines is 1. The number of hydrogen-bond acceptors (Lipinski definition) is 4. The van der Waals surface area contributed by atoms with Crippen LogP contribution >= 0.6 is 11.6 Å². The first-order valence-electron chi connectivity index (χ1n) is 5.33. The summed E-state index contributed by atoms with van der Waals surface area (Å²) in [4.78, 5) is 30.0. The molecule has 0 aliphatic carbocycles. The van der Waals surface area contributed by atoms with E-state index in [2.05, 4.69) is 9.97 Å². The Morgan fingerprint density at radius 1 is 1.45 bits per heavy atom. The molecular weight excluding hydrogens is 303 g/mol. The molecule has 0 bridgehead atoms. The fourth-order valence-electron chi connectivity index (χ4n) is 1.74. The molecule has 1 amide bonds. The lowest BCUT2D eigenvalue weighted by molar-refractivity contribution is -0.142. The van der Waals surface area contributed by atoms with Crippen LogP contribution in [0.1, 0.15) is 12.1 Å². The molecule has 2 heterocycles. The number of amides is 1. The summed E-state index contributed by atoms with van der Waals surface area (Å²) in [6, 6.07) is 0.528. The summed E-state index contributed by atoms with van der Waals surface area (Å²) in [5.41, 5.74) is -1.29. The molecule has 2 rings (SSSR count). The minimum atomic E-state index is -4.74. The molecule has 0 radical (unpaired) electrons. The predicted octanol–water partition coefficient (Wildman–Crippen LogP) is 1.59. The first kappa shape index (κ1) is 14.5. The highest BCUT2D eigenvalue weighted by Gasteiger charge is 2.39. The number of carbonyl (C=O) groups excluding carboxylic acids is 1. The van der Waals surface area contributed by atoms with Crippen molar-refractivity contribution in [2.45, 2.75) is 12.6 Å². The van der Waals surface area contributed by atoms with Crippen molar-refractivity contribution in [2.75, 3.05) is 11.4 Å². The summed E-state index contributed by atoms with van der Waals surface area (Å²) in [5, 5.41) is 8.33. The van der Waals surface area contributed by atoms with Gasteiger partial charge < -0.3 is 5.11 Å². The quantitative estimate of drug-likeness (QED) is 0.839. The highest BCUT2D eigenvalue weighted by atomic mass is 35.5. The third kappa shape index (κ3) is 2.82. The molecule has 1 aromatic heterocycles. The molecule has 20 heavy (non-hydrogen) atoms. The minimum absolute atomic E-state index is 0.286. The Balaban J connectivity index is 2.36. The van der Waals surface area contributed by atoms with E-state index in [0.717, 1.165) is 4.90 Å². The zero-order valence-corrected chi connectivity index (χ0v) is 10.4. The lowest BCUT2D eigenvalue weighted by atomic mass is 10.1. The lowest BCUT2D eigenvalue weighted by Gasteiger charge is -2.15. The SMILES string of the molecule is O=C(O)C1CC(=O)N(c2nc(Cl)cc(C(F)(F)F)n2)C1. The molecule has 6 nitrogen and oxygen atoms in total. The number of carboxylic acids is 1. The summed E-state index contributed by atoms with van der Waals surface area (Å²) in [5.74, 6) is -3.41. The van der Waals surface area contributed by atoms with Crippen LogP contribution in [0.3, 0.4) is 0 Å². The van der Waals surface area contributed by atoms with Gasteiger partial charge in [-0.3, -0.25) is 14.5 Å². The molecule has 1 aliphatic rings. The van der Waals surface area contributed by atoms with Crippen molar-refractivity contribution in [3.05, 3.63) is 16.9 Å². The van der Waals surface area contributed by atoms with Crippen molar-refractivity contribution < 1.29 is 27.9 Å². The van der Waals surface area contributed by atoms with E-state index in [0.29, 0.717) is 6.07 Å². The van der Waals surface area contributed by atoms with Crippen molar-refractivity contribution in [1.82, 2.24) is 9.97 Å². The van der Waals surface area contributed by atoms with E-state index in [1.807, 2.05) is 0 Å². The average molecular weight is 310 g/mol. The van der Waals surface area contributed by atoms with E-state index < -0.39 is 40.8 Å². The van der Waals surface area contributed by atoms with E-state index in [4.69, 9.17) is 16.7 Å². The standard InChI is InChI=1S/C10H7ClF3N3O3/c11-6-2-5(10(12,13)14)15-9(16-6)17-3-4(8(19)20)1-7(17)18/h2,4H,1,3H2,(H,19,20). The molecule has 1 aliphatic heterocycles. The maximum Gasteiger partial charge on any atom is 0.433 e. The summed E-state index contributed by atoms with van der Waals surface area (Å²) in [7, 11) is 0. The summed E-state index contributed by atoms with van der Waals surface area (Å²) in [6.07, 6.45) is -5.05. The number of aliphatic carboxylic acids is 1. The molecule has 1 N–H and O–H groups in total. The van der Waals surface area contributed by atoms with Gasteiger partial charge in [-0.1, -0.05) is 11.6 Å². The molecule has 0 aromatic carbocycles. The van der Waals surface area contributed by atoms with Crippen LogP contribution in [-0.4, -0.2) is 33.5 Å². The molecule has 0 saturated carbocycles. The number of hydrogen-bond donors (Lipinski definition) is 1. The van der Waals surface area contributed by atoms with Gasteiger partial charge in [0.05, 0.1) is 5.92 Å². The van der Waals surface area contributed by atoms with Gasteiger partial charge in [-0.15, -0.1) is 0 Å². The topological polar surface area (TPSA) is 83.4 Å². The third-order valence-corrected chi connectivity index (χ3v) is 2.88. The van der Waals surface area contributed by atoms with Gasteiger partial charge in [0.25, 0.3) is 0 Å². The van der Waals surface area contributed by atoms with Gasteiger partial charge in [0.15, 0.2) is 5.69 Å². The largest absolute Gasteiger partial charge is 0.481 e. The first-order valence-corrected chi connectivity index (χ1v) is 5.71. The van der Waals surface area contributed by atoms with E-state index in [9.17, 15) is 22.8 Å². The Hall–Kier alpha value is -1.90. The number of halogens is 4. The normalized spacial score (nSPS) is 19.5. The Morgan fingerprint density at radius 2 is 2.10 bits per heavy atom. The van der Waals surface area contributed by atoms with Gasteiger partial charge in [0.2, 0.25) is 11.9 Å². The molecule has 108 valence electrons. The van der Waals surface area contributed by atoms with Crippen LogP contribution in [0.5, 0.6) is 0 Å². The van der Waals surface area contributed by atoms with Crippen LogP contribution in [0.15, 0.2) is 6.07 Å². The van der Waals surface area contributed by atoms with Crippen molar-refractivity contribution in [2.24, 2.45) is 5.92 Å². The maximum atomic E-state index is 12.6. The highest BCUT2D eigenvalue weighted by molar-refractivity contribution is 6.29. The number of carboxylic acid groups (broad SMARTS) is 1. The number of rotatable bonds is 2. The van der Waals surface area contributed by atoms with Crippen LogP contribution in [-0.2, 0) is 15.8 Å². The summed E-state index contributed by atoms with van der Waals surface area (Å²) in [6.45, 7) is -0.286. The molecule has 1 aromatic rings. The van der Waals surface area contributed by atoms with Crippen molar-refractivity contribution in [3.63, 3.8) is 0 Å². The van der Waals surface area contributed by atoms with E-state index in [1.165, 1.54) is 0 Å². The molecule has 10 heteroatoms. The van der Waals surface area contributed by atoms with E-state index in [-0.39, 0.29) is 13.0 Å². The molecule has 1 unspecified atom stereocenters. The molecule has 1 saturated heterocycles.